The van der Waals surface area contributed by atoms with Gasteiger partial charge in [-0.2, -0.15) is 0 Å². The highest BCUT2D eigenvalue weighted by molar-refractivity contribution is 5.80. The van der Waals surface area contributed by atoms with Crippen molar-refractivity contribution in [3.8, 4) is 0 Å². The lowest BCUT2D eigenvalue weighted by molar-refractivity contribution is -0.130. The summed E-state index contributed by atoms with van der Waals surface area (Å²) in [7, 11) is 0. The second-order valence-corrected chi connectivity index (χ2v) is 4.46. The van der Waals surface area contributed by atoms with E-state index in [9.17, 15) is 4.79 Å². The lowest BCUT2D eigenvalue weighted by Crippen LogP contribution is -2.63. The van der Waals surface area contributed by atoms with Crippen molar-refractivity contribution in [3.05, 3.63) is 0 Å². The summed E-state index contributed by atoms with van der Waals surface area (Å²) in [6.07, 6.45) is 5.60. The van der Waals surface area contributed by atoms with E-state index in [1.54, 1.807) is 0 Å². The van der Waals surface area contributed by atoms with Crippen molar-refractivity contribution >= 4 is 5.91 Å². The molecule has 0 spiro atoms. The maximum absolute atomic E-state index is 11.1. The van der Waals surface area contributed by atoms with E-state index in [-0.39, 0.29) is 18.0 Å². The Bertz CT molecular complexity index is 231. The summed E-state index contributed by atoms with van der Waals surface area (Å²) in [5.41, 5.74) is 11.4. The molecule has 3 atom stereocenters. The van der Waals surface area contributed by atoms with Crippen molar-refractivity contribution in [3.63, 3.8) is 0 Å². The predicted molar refractivity (Wildman–Crippen MR) is 54.5 cm³/mol. The molecule has 2 fully saturated rings. The number of rotatable bonds is 2. The summed E-state index contributed by atoms with van der Waals surface area (Å²) in [6.45, 7) is 0.992. The third-order valence-corrected chi connectivity index (χ3v) is 3.60. The summed E-state index contributed by atoms with van der Waals surface area (Å²) in [5.74, 6) is -0.186. The van der Waals surface area contributed by atoms with Crippen LogP contribution in [0.3, 0.4) is 0 Å². The van der Waals surface area contributed by atoms with Crippen LogP contribution in [-0.4, -0.2) is 35.5 Å². The number of nitrogens with two attached hydrogens (primary N) is 2. The monoisotopic (exact) mass is 197 g/mol. The molecule has 1 heterocycles. The van der Waals surface area contributed by atoms with Gasteiger partial charge >= 0.3 is 0 Å². The molecule has 80 valence electrons. The highest BCUT2D eigenvalue weighted by atomic mass is 16.1. The van der Waals surface area contributed by atoms with E-state index >= 15 is 0 Å². The molecule has 1 amide bonds. The molecule has 1 aliphatic carbocycles. The van der Waals surface area contributed by atoms with E-state index in [2.05, 4.69) is 4.90 Å². The number of primary amides is 1. The van der Waals surface area contributed by atoms with Crippen LogP contribution in [0.15, 0.2) is 0 Å². The van der Waals surface area contributed by atoms with E-state index in [1.165, 1.54) is 12.8 Å². The topological polar surface area (TPSA) is 72.4 Å². The lowest BCUT2D eigenvalue weighted by atomic mass is 9.86. The van der Waals surface area contributed by atoms with Crippen LogP contribution in [0.2, 0.25) is 0 Å². The Hall–Kier alpha value is -0.610. The fourth-order valence-corrected chi connectivity index (χ4v) is 2.66. The molecule has 2 aliphatic rings. The molecular weight excluding hydrogens is 178 g/mol. The second kappa shape index (κ2) is 3.87. The van der Waals surface area contributed by atoms with E-state index in [1.807, 2.05) is 0 Å². The Morgan fingerprint density at radius 1 is 1.21 bits per heavy atom. The van der Waals surface area contributed by atoms with Crippen LogP contribution >= 0.6 is 0 Å². The number of hydrogen-bond acceptors (Lipinski definition) is 3. The van der Waals surface area contributed by atoms with E-state index in [0.717, 1.165) is 25.8 Å². The first-order chi connectivity index (χ1) is 6.70. The van der Waals surface area contributed by atoms with Crippen molar-refractivity contribution in [2.24, 2.45) is 11.5 Å². The average Bonchev–Trinajstić information content (AvgIpc) is 2.05. The van der Waals surface area contributed by atoms with Crippen molar-refractivity contribution in [2.75, 3.05) is 6.54 Å². The number of carbonyl (C=O) groups excluding carboxylic acids is 1. The lowest BCUT2D eigenvalue weighted by Gasteiger charge is -2.48. The summed E-state index contributed by atoms with van der Waals surface area (Å²) >= 11 is 0. The van der Waals surface area contributed by atoms with Crippen LogP contribution < -0.4 is 11.5 Å². The van der Waals surface area contributed by atoms with Gasteiger partial charge in [0.1, 0.15) is 0 Å². The van der Waals surface area contributed by atoms with E-state index in [4.69, 9.17) is 11.5 Å². The predicted octanol–water partition coefficient (Wildman–Crippen LogP) is -0.184. The molecule has 1 saturated carbocycles. The summed E-state index contributed by atoms with van der Waals surface area (Å²) < 4.78 is 0. The van der Waals surface area contributed by atoms with Gasteiger partial charge in [-0.25, -0.2) is 0 Å². The maximum Gasteiger partial charge on any atom is 0.234 e. The summed E-state index contributed by atoms with van der Waals surface area (Å²) in [4.78, 5) is 13.3. The van der Waals surface area contributed by atoms with E-state index in [0.29, 0.717) is 6.04 Å². The van der Waals surface area contributed by atoms with Gasteiger partial charge in [-0.05, 0) is 19.3 Å². The molecule has 14 heavy (non-hydrogen) atoms. The van der Waals surface area contributed by atoms with Crippen LogP contribution in [0.25, 0.3) is 0 Å². The summed E-state index contributed by atoms with van der Waals surface area (Å²) in [6, 6.07) is 0.602. The number of nitrogens with zero attached hydrogens (tertiary/aromatic N) is 1. The Balaban J connectivity index is 1.96. The van der Waals surface area contributed by atoms with E-state index < -0.39 is 0 Å². The minimum absolute atomic E-state index is 0.0378. The highest BCUT2D eigenvalue weighted by Crippen LogP contribution is 2.29. The van der Waals surface area contributed by atoms with Crippen LogP contribution in [0.1, 0.15) is 32.1 Å². The summed E-state index contributed by atoms with van der Waals surface area (Å²) in [5, 5.41) is 0. The first kappa shape index (κ1) is 9.93. The molecule has 0 aromatic carbocycles. The van der Waals surface area contributed by atoms with Gasteiger partial charge in [-0.3, -0.25) is 9.69 Å². The minimum Gasteiger partial charge on any atom is -0.368 e. The van der Waals surface area contributed by atoms with Gasteiger partial charge in [0.05, 0.1) is 6.04 Å². The van der Waals surface area contributed by atoms with Gasteiger partial charge < -0.3 is 11.5 Å². The molecule has 4 heteroatoms. The third-order valence-electron chi connectivity index (χ3n) is 3.60. The Labute approximate surface area is 84.6 Å². The zero-order chi connectivity index (χ0) is 10.1. The molecule has 3 unspecified atom stereocenters. The van der Waals surface area contributed by atoms with Gasteiger partial charge in [0.15, 0.2) is 0 Å². The van der Waals surface area contributed by atoms with Gasteiger partial charge in [0, 0.05) is 18.6 Å². The zero-order valence-electron chi connectivity index (χ0n) is 8.48. The Morgan fingerprint density at radius 2 is 1.93 bits per heavy atom. The molecule has 1 saturated heterocycles. The highest BCUT2D eigenvalue weighted by Gasteiger charge is 2.40. The molecule has 4 nitrogen and oxygen atoms in total. The fraction of sp³-hybridized carbons (Fsp3) is 0.900. The number of amides is 1. The molecule has 2 rings (SSSR count). The Kier molecular flexibility index (Phi) is 2.74. The van der Waals surface area contributed by atoms with Crippen LogP contribution in [0.4, 0.5) is 0 Å². The number of hydrogen-bond donors (Lipinski definition) is 2. The van der Waals surface area contributed by atoms with Gasteiger partial charge in [-0.15, -0.1) is 0 Å². The van der Waals surface area contributed by atoms with Gasteiger partial charge in [0.25, 0.3) is 0 Å². The maximum atomic E-state index is 11.1. The zero-order valence-corrected chi connectivity index (χ0v) is 8.48. The van der Waals surface area contributed by atoms with Crippen LogP contribution in [0, 0.1) is 0 Å². The number of carbonyl (C=O) groups is 1. The standard InChI is InChI=1S/C10H19N3O/c11-7-3-1-2-4-8(7)13-6-5-9(13)10(12)14/h7-9H,1-6,11H2,(H2,12,14). The molecule has 0 aromatic rings. The van der Waals surface area contributed by atoms with Crippen molar-refractivity contribution < 1.29 is 4.79 Å². The average molecular weight is 197 g/mol. The smallest absolute Gasteiger partial charge is 0.234 e. The molecule has 0 radical (unpaired) electrons. The SMILES string of the molecule is NC(=O)C1CCN1C1CCCCC1N. The molecule has 1 aliphatic heterocycles. The normalized spacial score (nSPS) is 39.1. The third kappa shape index (κ3) is 1.64. The molecular formula is C10H19N3O. The second-order valence-electron chi connectivity index (χ2n) is 4.46. The van der Waals surface area contributed by atoms with Gasteiger partial charge in [-0.1, -0.05) is 12.8 Å². The first-order valence-corrected chi connectivity index (χ1v) is 5.51. The van der Waals surface area contributed by atoms with Crippen LogP contribution in [-0.2, 0) is 4.79 Å². The fourth-order valence-electron chi connectivity index (χ4n) is 2.66. The van der Waals surface area contributed by atoms with Crippen molar-refractivity contribution in [2.45, 2.75) is 50.2 Å². The quantitative estimate of drug-likeness (QED) is 0.645. The van der Waals surface area contributed by atoms with Crippen molar-refractivity contribution in [1.82, 2.24) is 4.90 Å². The largest absolute Gasteiger partial charge is 0.368 e. The van der Waals surface area contributed by atoms with Gasteiger partial charge in [0.2, 0.25) is 5.91 Å². The van der Waals surface area contributed by atoms with Crippen molar-refractivity contribution in [1.29, 1.82) is 0 Å². The molecule has 0 bridgehead atoms. The number of likely N-dealkylation sites (tertiary alicyclic amines) is 1. The molecule has 4 N–H and O–H groups in total. The molecule has 0 aromatic heterocycles. The van der Waals surface area contributed by atoms with Crippen LogP contribution in [0.5, 0.6) is 0 Å². The first-order valence-electron chi connectivity index (χ1n) is 5.51. The minimum atomic E-state index is -0.186. The Morgan fingerprint density at radius 3 is 2.43 bits per heavy atom.